The average Bonchev–Trinajstić information content (AvgIpc) is 2.76. The molecule has 0 unspecified atom stereocenters. The number of alkyl carbamates (subject to hydrolysis) is 1. The van der Waals surface area contributed by atoms with Crippen LogP contribution in [0, 0.1) is 5.92 Å². The smallest absolute Gasteiger partial charge is 0.408 e. The molecule has 0 aliphatic carbocycles. The van der Waals surface area contributed by atoms with Crippen LogP contribution in [0.15, 0.2) is 54.6 Å². The summed E-state index contributed by atoms with van der Waals surface area (Å²) in [6, 6.07) is 15.2. The first-order valence-electron chi connectivity index (χ1n) is 10.1. The highest BCUT2D eigenvalue weighted by Crippen LogP contribution is 2.15. The first-order chi connectivity index (χ1) is 14.4. The Labute approximate surface area is 177 Å². The molecule has 2 atom stereocenters. The molecule has 2 rings (SSSR count). The summed E-state index contributed by atoms with van der Waals surface area (Å²) in [5.41, 5.74) is 1.79. The van der Waals surface area contributed by atoms with Gasteiger partial charge in [-0.15, -0.1) is 0 Å². The first-order valence-corrected chi connectivity index (χ1v) is 10.1. The maximum absolute atomic E-state index is 12.8. The number of rotatable bonds is 9. The highest BCUT2D eigenvalue weighted by Gasteiger charge is 2.26. The molecule has 0 aliphatic rings. The van der Waals surface area contributed by atoms with Crippen molar-refractivity contribution in [1.82, 2.24) is 10.6 Å². The normalized spacial score (nSPS) is 12.4. The minimum atomic E-state index is -0.772. The molecule has 0 aliphatic heterocycles. The lowest BCUT2D eigenvalue weighted by Gasteiger charge is -2.23. The zero-order valence-corrected chi connectivity index (χ0v) is 17.6. The van der Waals surface area contributed by atoms with E-state index in [1.165, 1.54) is 0 Å². The maximum atomic E-state index is 12.8. The Morgan fingerprint density at radius 2 is 1.73 bits per heavy atom. The summed E-state index contributed by atoms with van der Waals surface area (Å²) in [5.74, 6) is -0.690. The van der Waals surface area contributed by atoms with Crippen molar-refractivity contribution < 1.29 is 19.1 Å². The summed E-state index contributed by atoms with van der Waals surface area (Å²) in [4.78, 5) is 37.1. The monoisotopic (exact) mass is 411 g/mol. The van der Waals surface area contributed by atoms with Gasteiger partial charge in [0.05, 0.1) is 0 Å². The van der Waals surface area contributed by atoms with Gasteiger partial charge in [0.1, 0.15) is 12.6 Å². The lowest BCUT2D eigenvalue weighted by atomic mass is 9.98. The number of hydrogen-bond acceptors (Lipinski definition) is 4. The molecule has 0 fully saturated rings. The quantitative estimate of drug-likeness (QED) is 0.586. The Morgan fingerprint density at radius 1 is 1.00 bits per heavy atom. The first kappa shape index (κ1) is 22.9. The van der Waals surface area contributed by atoms with E-state index in [4.69, 9.17) is 4.74 Å². The van der Waals surface area contributed by atoms with E-state index in [0.29, 0.717) is 24.2 Å². The second-order valence-corrected chi connectivity index (χ2v) is 7.00. The van der Waals surface area contributed by atoms with E-state index >= 15 is 0 Å². The standard InChI is InChI=1S/C23H29N3O4/c1-4-16(3)20(26-23(29)30-15-17-10-7-6-8-11-17)22(28)25-19-13-9-12-18(14-19)21(27)24-5-2/h6-14,16,20H,4-5,15H2,1-3H3,(H,24,27)(H,25,28)(H,26,29)/t16-,20-/m0/s1. The average molecular weight is 412 g/mol. The van der Waals surface area contributed by atoms with Gasteiger partial charge in [0.15, 0.2) is 0 Å². The molecule has 2 aromatic rings. The molecule has 30 heavy (non-hydrogen) atoms. The fourth-order valence-corrected chi connectivity index (χ4v) is 2.81. The van der Waals surface area contributed by atoms with Crippen molar-refractivity contribution in [3.05, 3.63) is 65.7 Å². The van der Waals surface area contributed by atoms with Crippen LogP contribution in [0.25, 0.3) is 0 Å². The molecule has 0 saturated heterocycles. The number of nitrogens with one attached hydrogen (secondary N) is 3. The Morgan fingerprint density at radius 3 is 2.40 bits per heavy atom. The summed E-state index contributed by atoms with van der Waals surface area (Å²) in [6.07, 6.45) is 0.0334. The number of benzene rings is 2. The lowest BCUT2D eigenvalue weighted by Crippen LogP contribution is -2.47. The second-order valence-electron chi connectivity index (χ2n) is 7.00. The van der Waals surface area contributed by atoms with Crippen LogP contribution in [-0.4, -0.2) is 30.5 Å². The fraction of sp³-hybridized carbons (Fsp3) is 0.348. The van der Waals surface area contributed by atoms with E-state index in [0.717, 1.165) is 5.56 Å². The van der Waals surface area contributed by atoms with Crippen molar-refractivity contribution in [2.24, 2.45) is 5.92 Å². The molecule has 3 N–H and O–H groups in total. The summed E-state index contributed by atoms with van der Waals surface area (Å²) >= 11 is 0. The van der Waals surface area contributed by atoms with Crippen molar-refractivity contribution >= 4 is 23.6 Å². The molecule has 0 spiro atoms. The zero-order chi connectivity index (χ0) is 21.9. The molecule has 0 aromatic heterocycles. The number of carbonyl (C=O) groups excluding carboxylic acids is 3. The van der Waals surface area contributed by atoms with Gasteiger partial charge in [0.25, 0.3) is 5.91 Å². The van der Waals surface area contributed by atoms with Crippen molar-refractivity contribution in [3.63, 3.8) is 0 Å². The van der Waals surface area contributed by atoms with E-state index in [2.05, 4.69) is 16.0 Å². The molecule has 0 heterocycles. The van der Waals surface area contributed by atoms with Crippen LogP contribution in [0.2, 0.25) is 0 Å². The van der Waals surface area contributed by atoms with Crippen LogP contribution in [-0.2, 0) is 16.1 Å². The predicted octanol–water partition coefficient (Wildman–Crippen LogP) is 3.72. The molecule has 7 heteroatoms. The molecule has 7 nitrogen and oxygen atoms in total. The molecule has 0 radical (unpaired) electrons. The van der Waals surface area contributed by atoms with E-state index in [-0.39, 0.29) is 24.3 Å². The van der Waals surface area contributed by atoms with Crippen LogP contribution in [0.1, 0.15) is 43.1 Å². The third kappa shape index (κ3) is 6.92. The maximum Gasteiger partial charge on any atom is 0.408 e. The van der Waals surface area contributed by atoms with Crippen molar-refractivity contribution in [2.45, 2.75) is 39.8 Å². The van der Waals surface area contributed by atoms with Gasteiger partial charge in [-0.2, -0.15) is 0 Å². The van der Waals surface area contributed by atoms with E-state index < -0.39 is 12.1 Å². The Bertz CT molecular complexity index is 855. The van der Waals surface area contributed by atoms with E-state index in [1.54, 1.807) is 24.3 Å². The summed E-state index contributed by atoms with van der Waals surface area (Å²) in [6.45, 7) is 6.30. The molecular formula is C23H29N3O4. The largest absolute Gasteiger partial charge is 0.445 e. The second kappa shape index (κ2) is 11.6. The minimum Gasteiger partial charge on any atom is -0.445 e. The Kier molecular flexibility index (Phi) is 8.87. The van der Waals surface area contributed by atoms with Crippen LogP contribution in [0.5, 0.6) is 0 Å². The third-order valence-corrected chi connectivity index (χ3v) is 4.71. The summed E-state index contributed by atoms with van der Waals surface area (Å²) in [5, 5.41) is 8.17. The van der Waals surface area contributed by atoms with Crippen LogP contribution < -0.4 is 16.0 Å². The zero-order valence-electron chi connectivity index (χ0n) is 17.6. The van der Waals surface area contributed by atoms with Crippen LogP contribution >= 0.6 is 0 Å². The van der Waals surface area contributed by atoms with Gasteiger partial charge in [-0.1, -0.05) is 56.7 Å². The molecule has 0 bridgehead atoms. The Hall–Kier alpha value is -3.35. The van der Waals surface area contributed by atoms with Gasteiger partial charge in [-0.3, -0.25) is 9.59 Å². The number of amides is 3. The SMILES string of the molecule is CCNC(=O)c1cccc(NC(=O)[C@@H](NC(=O)OCc2ccccc2)[C@@H](C)CC)c1. The van der Waals surface area contributed by atoms with E-state index in [9.17, 15) is 14.4 Å². The highest BCUT2D eigenvalue weighted by molar-refractivity contribution is 5.99. The number of ether oxygens (including phenoxy) is 1. The van der Waals surface area contributed by atoms with Crippen LogP contribution in [0.3, 0.4) is 0 Å². The predicted molar refractivity (Wildman–Crippen MR) is 116 cm³/mol. The van der Waals surface area contributed by atoms with Gasteiger partial charge in [-0.25, -0.2) is 4.79 Å². The minimum absolute atomic E-state index is 0.110. The van der Waals surface area contributed by atoms with E-state index in [1.807, 2.05) is 51.1 Å². The summed E-state index contributed by atoms with van der Waals surface area (Å²) < 4.78 is 5.25. The van der Waals surface area contributed by atoms with Gasteiger partial charge < -0.3 is 20.7 Å². The molecule has 160 valence electrons. The molecule has 3 amide bonds. The van der Waals surface area contributed by atoms with Gasteiger partial charge in [-0.05, 0) is 36.6 Å². The highest BCUT2D eigenvalue weighted by atomic mass is 16.5. The third-order valence-electron chi connectivity index (χ3n) is 4.71. The molecule has 0 saturated carbocycles. The van der Waals surface area contributed by atoms with Crippen molar-refractivity contribution in [3.8, 4) is 0 Å². The summed E-state index contributed by atoms with van der Waals surface area (Å²) in [7, 11) is 0. The van der Waals surface area contributed by atoms with Crippen LogP contribution in [0.4, 0.5) is 10.5 Å². The van der Waals surface area contributed by atoms with Gasteiger partial charge in [0, 0.05) is 17.8 Å². The molecule has 2 aromatic carbocycles. The topological polar surface area (TPSA) is 96.5 Å². The number of hydrogen-bond donors (Lipinski definition) is 3. The molecular weight excluding hydrogens is 382 g/mol. The van der Waals surface area contributed by atoms with Crippen molar-refractivity contribution in [1.29, 1.82) is 0 Å². The van der Waals surface area contributed by atoms with Gasteiger partial charge in [0.2, 0.25) is 5.91 Å². The lowest BCUT2D eigenvalue weighted by molar-refractivity contribution is -0.119. The van der Waals surface area contributed by atoms with Gasteiger partial charge >= 0.3 is 6.09 Å². The Balaban J connectivity index is 2.02. The number of anilines is 1. The van der Waals surface area contributed by atoms with Crippen molar-refractivity contribution in [2.75, 3.05) is 11.9 Å². The number of carbonyl (C=O) groups is 3. The fourth-order valence-electron chi connectivity index (χ4n) is 2.81.